The van der Waals surface area contributed by atoms with Crippen molar-refractivity contribution < 1.29 is 4.79 Å². The maximum Gasteiger partial charge on any atom is 0.198 e. The number of carbonyl (C=O) groups excluding carboxylic acids is 1. The molecule has 3 aromatic carbocycles. The van der Waals surface area contributed by atoms with Crippen LogP contribution in [0.1, 0.15) is 5.56 Å². The van der Waals surface area contributed by atoms with Crippen LogP contribution in [0.5, 0.6) is 0 Å². The van der Waals surface area contributed by atoms with E-state index in [-0.39, 0.29) is 5.12 Å². The van der Waals surface area contributed by atoms with Crippen LogP contribution in [0.4, 0.5) is 0 Å². The van der Waals surface area contributed by atoms with Gasteiger partial charge >= 0.3 is 0 Å². The molecule has 0 N–H and O–H groups in total. The molecule has 0 aliphatic heterocycles. The fourth-order valence-corrected chi connectivity index (χ4v) is 3.04. The van der Waals surface area contributed by atoms with E-state index >= 15 is 0 Å². The molecular weight excluding hydrogens is 264 g/mol. The molecule has 0 amide bonds. The van der Waals surface area contributed by atoms with Gasteiger partial charge in [0.25, 0.3) is 0 Å². The zero-order chi connectivity index (χ0) is 13.8. The van der Waals surface area contributed by atoms with Crippen molar-refractivity contribution in [3.8, 4) is 0 Å². The van der Waals surface area contributed by atoms with E-state index in [2.05, 4.69) is 18.2 Å². The summed E-state index contributed by atoms with van der Waals surface area (Å²) in [6.07, 6.45) is 0.459. The molecule has 1 nitrogen and oxygen atoms in total. The van der Waals surface area contributed by atoms with E-state index in [1.165, 1.54) is 17.1 Å². The average molecular weight is 278 g/mol. The van der Waals surface area contributed by atoms with E-state index in [0.717, 1.165) is 15.8 Å². The summed E-state index contributed by atoms with van der Waals surface area (Å²) >= 11 is 1.31. The molecule has 0 unspecified atom stereocenters. The Morgan fingerprint density at radius 3 is 2.35 bits per heavy atom. The minimum absolute atomic E-state index is 0.174. The number of fused-ring (bicyclic) bond motifs is 1. The lowest BCUT2D eigenvalue weighted by atomic mass is 10.0. The maximum atomic E-state index is 12.2. The van der Waals surface area contributed by atoms with Gasteiger partial charge in [0.15, 0.2) is 5.12 Å². The summed E-state index contributed by atoms with van der Waals surface area (Å²) in [7, 11) is 0. The van der Waals surface area contributed by atoms with Crippen LogP contribution in [0.3, 0.4) is 0 Å². The van der Waals surface area contributed by atoms with Gasteiger partial charge in [0.1, 0.15) is 0 Å². The van der Waals surface area contributed by atoms with Crippen LogP contribution in [0.15, 0.2) is 77.7 Å². The molecule has 0 saturated carbocycles. The van der Waals surface area contributed by atoms with Crippen LogP contribution < -0.4 is 0 Å². The van der Waals surface area contributed by atoms with Gasteiger partial charge in [-0.05, 0) is 28.5 Å². The van der Waals surface area contributed by atoms with Crippen molar-refractivity contribution in [3.05, 3.63) is 78.4 Å². The predicted molar refractivity (Wildman–Crippen MR) is 85.0 cm³/mol. The molecule has 0 aliphatic carbocycles. The summed E-state index contributed by atoms with van der Waals surface area (Å²) < 4.78 is 0. The Labute approximate surface area is 122 Å². The van der Waals surface area contributed by atoms with Gasteiger partial charge in [-0.2, -0.15) is 0 Å². The van der Waals surface area contributed by atoms with Gasteiger partial charge in [-0.25, -0.2) is 0 Å². The first-order valence-electron chi connectivity index (χ1n) is 6.55. The highest BCUT2D eigenvalue weighted by Crippen LogP contribution is 2.24. The molecule has 0 bridgehead atoms. The number of hydrogen-bond donors (Lipinski definition) is 0. The van der Waals surface area contributed by atoms with Crippen molar-refractivity contribution in [2.24, 2.45) is 0 Å². The Morgan fingerprint density at radius 1 is 0.800 bits per heavy atom. The monoisotopic (exact) mass is 278 g/mol. The van der Waals surface area contributed by atoms with Crippen molar-refractivity contribution >= 4 is 27.6 Å². The summed E-state index contributed by atoms with van der Waals surface area (Å²) in [5, 5.41) is 2.52. The third-order valence-electron chi connectivity index (χ3n) is 3.19. The van der Waals surface area contributed by atoms with Crippen molar-refractivity contribution in [1.82, 2.24) is 0 Å². The second kappa shape index (κ2) is 5.93. The van der Waals surface area contributed by atoms with Crippen molar-refractivity contribution in [3.63, 3.8) is 0 Å². The zero-order valence-corrected chi connectivity index (χ0v) is 11.8. The lowest BCUT2D eigenvalue weighted by molar-refractivity contribution is -0.110. The Morgan fingerprint density at radius 2 is 1.50 bits per heavy atom. The fraction of sp³-hybridized carbons (Fsp3) is 0.0556. The SMILES string of the molecule is O=C(Cc1cccc2ccccc12)Sc1ccccc1. The minimum atomic E-state index is 0.174. The highest BCUT2D eigenvalue weighted by Gasteiger charge is 2.08. The standard InChI is InChI=1S/C18H14OS/c19-18(20-16-10-2-1-3-11-16)13-15-9-6-8-14-7-4-5-12-17(14)15/h1-12H,13H2. The highest BCUT2D eigenvalue weighted by molar-refractivity contribution is 8.13. The van der Waals surface area contributed by atoms with E-state index in [1.807, 2.05) is 54.6 Å². The van der Waals surface area contributed by atoms with Gasteiger partial charge in [-0.3, -0.25) is 4.79 Å². The smallest absolute Gasteiger partial charge is 0.198 e. The molecule has 98 valence electrons. The van der Waals surface area contributed by atoms with Crippen molar-refractivity contribution in [2.75, 3.05) is 0 Å². The summed E-state index contributed by atoms with van der Waals surface area (Å²) in [5.41, 5.74) is 1.09. The van der Waals surface area contributed by atoms with Gasteiger partial charge in [0.05, 0.1) is 0 Å². The van der Waals surface area contributed by atoms with Gasteiger partial charge in [-0.1, -0.05) is 72.4 Å². The number of carbonyl (C=O) groups is 1. The number of benzene rings is 3. The zero-order valence-electron chi connectivity index (χ0n) is 11.0. The third kappa shape index (κ3) is 2.91. The largest absolute Gasteiger partial charge is 0.286 e. The van der Waals surface area contributed by atoms with Crippen molar-refractivity contribution in [2.45, 2.75) is 11.3 Å². The summed E-state index contributed by atoms with van der Waals surface area (Å²) in [6.45, 7) is 0. The molecular formula is C18H14OS. The van der Waals surface area contributed by atoms with E-state index in [1.54, 1.807) is 0 Å². The Hall–Kier alpha value is -2.06. The van der Waals surface area contributed by atoms with Crippen LogP contribution in [-0.4, -0.2) is 5.12 Å². The number of hydrogen-bond acceptors (Lipinski definition) is 2. The summed E-state index contributed by atoms with van der Waals surface area (Å²) in [4.78, 5) is 13.2. The molecule has 0 fully saturated rings. The van der Waals surface area contributed by atoms with E-state index in [4.69, 9.17) is 0 Å². The molecule has 2 heteroatoms. The van der Waals surface area contributed by atoms with Crippen molar-refractivity contribution in [1.29, 1.82) is 0 Å². The van der Waals surface area contributed by atoms with Gasteiger partial charge in [-0.15, -0.1) is 0 Å². The van der Waals surface area contributed by atoms with Crippen LogP contribution in [-0.2, 0) is 11.2 Å². The Bertz CT molecular complexity index is 729. The third-order valence-corrected chi connectivity index (χ3v) is 4.07. The topological polar surface area (TPSA) is 17.1 Å². The summed E-state index contributed by atoms with van der Waals surface area (Å²) in [6, 6.07) is 24.1. The first-order chi connectivity index (χ1) is 9.83. The maximum absolute atomic E-state index is 12.2. The number of rotatable bonds is 3. The normalized spacial score (nSPS) is 10.6. The molecule has 0 aliphatic rings. The predicted octanol–water partition coefficient (Wildman–Crippen LogP) is 4.70. The van der Waals surface area contributed by atoms with Crippen LogP contribution in [0.2, 0.25) is 0 Å². The van der Waals surface area contributed by atoms with E-state index in [0.29, 0.717) is 6.42 Å². The molecule has 0 heterocycles. The van der Waals surface area contributed by atoms with Crippen LogP contribution >= 0.6 is 11.8 Å². The molecule has 0 aromatic heterocycles. The fourth-order valence-electron chi connectivity index (χ4n) is 2.26. The van der Waals surface area contributed by atoms with Gasteiger partial charge in [0.2, 0.25) is 0 Å². The molecule has 0 saturated heterocycles. The first kappa shape index (κ1) is 12.9. The van der Waals surface area contributed by atoms with E-state index < -0.39 is 0 Å². The number of thioether (sulfide) groups is 1. The highest BCUT2D eigenvalue weighted by atomic mass is 32.2. The van der Waals surface area contributed by atoms with E-state index in [9.17, 15) is 4.79 Å². The molecule has 3 aromatic rings. The molecule has 0 spiro atoms. The molecule has 3 rings (SSSR count). The first-order valence-corrected chi connectivity index (χ1v) is 7.37. The van der Waals surface area contributed by atoms with Gasteiger partial charge in [0, 0.05) is 11.3 Å². The lowest BCUT2D eigenvalue weighted by Gasteiger charge is -2.05. The van der Waals surface area contributed by atoms with Crippen LogP contribution in [0, 0.1) is 0 Å². The minimum Gasteiger partial charge on any atom is -0.286 e. The average Bonchev–Trinajstić information content (AvgIpc) is 2.48. The quantitative estimate of drug-likeness (QED) is 0.646. The molecule has 20 heavy (non-hydrogen) atoms. The second-order valence-corrected chi connectivity index (χ2v) is 5.73. The second-order valence-electron chi connectivity index (χ2n) is 4.60. The van der Waals surface area contributed by atoms with Crippen LogP contribution in [0.25, 0.3) is 10.8 Å². The Balaban J connectivity index is 1.81. The van der Waals surface area contributed by atoms with Gasteiger partial charge < -0.3 is 0 Å². The molecule has 0 atom stereocenters. The Kier molecular flexibility index (Phi) is 3.84. The lowest BCUT2D eigenvalue weighted by Crippen LogP contribution is -1.98. The summed E-state index contributed by atoms with van der Waals surface area (Å²) in [5.74, 6) is 0. The molecule has 0 radical (unpaired) electrons.